The minimum absolute atomic E-state index is 0.0334. The number of nitrogens with zero attached hydrogens (tertiary/aromatic N) is 1. The molecule has 0 saturated carbocycles. The molecule has 1 atom stereocenters. The number of carbonyl (C=O) groups excluding carboxylic acids is 2. The molecule has 2 heterocycles. The number of para-hydroxylation sites is 1. The van der Waals surface area contributed by atoms with Gasteiger partial charge in [-0.25, -0.2) is 0 Å². The highest BCUT2D eigenvalue weighted by Crippen LogP contribution is 2.24. The number of hydrogen-bond donors (Lipinski definition) is 1. The molecule has 0 amide bonds. The molecule has 6 nitrogen and oxygen atoms in total. The number of ketones is 1. The average Bonchev–Trinajstić information content (AvgIpc) is 3.07. The Kier molecular flexibility index (Phi) is 4.44. The zero-order chi connectivity index (χ0) is 18.1. The van der Waals surface area contributed by atoms with Crippen molar-refractivity contribution in [2.24, 2.45) is 0 Å². The Bertz CT molecular complexity index is 932. The number of aryl methyl sites for hydroxylation is 3. The molecule has 0 bridgehead atoms. The Hall–Kier alpha value is -2.89. The van der Waals surface area contributed by atoms with Gasteiger partial charge in [0, 0.05) is 27.7 Å². The number of ether oxygens (including phenoxy) is 1. The van der Waals surface area contributed by atoms with Crippen LogP contribution >= 0.6 is 0 Å². The molecular weight excluding hydrogens is 320 g/mol. The Balaban J connectivity index is 1.76. The van der Waals surface area contributed by atoms with Gasteiger partial charge in [0.25, 0.3) is 0 Å². The van der Waals surface area contributed by atoms with Crippen LogP contribution in [0.15, 0.2) is 28.8 Å². The summed E-state index contributed by atoms with van der Waals surface area (Å²) in [6.07, 6.45) is -0.836. The van der Waals surface area contributed by atoms with Gasteiger partial charge in [0.15, 0.2) is 6.10 Å². The molecule has 0 aliphatic carbocycles. The zero-order valence-electron chi connectivity index (χ0n) is 14.7. The van der Waals surface area contributed by atoms with Crippen LogP contribution in [-0.4, -0.2) is 28.0 Å². The molecule has 0 spiro atoms. The first-order valence-corrected chi connectivity index (χ1v) is 8.11. The molecular formula is C19H20N2O4. The van der Waals surface area contributed by atoms with Gasteiger partial charge in [-0.05, 0) is 33.8 Å². The van der Waals surface area contributed by atoms with Crippen LogP contribution in [0.1, 0.15) is 40.0 Å². The molecule has 6 heteroatoms. The highest BCUT2D eigenvalue weighted by molar-refractivity contribution is 6.11. The van der Waals surface area contributed by atoms with Crippen LogP contribution in [0.5, 0.6) is 0 Å². The first-order valence-electron chi connectivity index (χ1n) is 8.11. The lowest BCUT2D eigenvalue weighted by atomic mass is 10.0. The Morgan fingerprint density at radius 1 is 1.24 bits per heavy atom. The summed E-state index contributed by atoms with van der Waals surface area (Å²) in [5.74, 6) is -0.115. The minimum atomic E-state index is -0.870. The van der Waals surface area contributed by atoms with Crippen molar-refractivity contribution in [3.8, 4) is 0 Å². The maximum Gasteiger partial charge on any atom is 0.311 e. The Labute approximate surface area is 145 Å². The second kappa shape index (κ2) is 6.55. The molecule has 0 fully saturated rings. The van der Waals surface area contributed by atoms with Crippen LogP contribution in [0.25, 0.3) is 10.9 Å². The molecule has 0 aliphatic rings. The maximum absolute atomic E-state index is 12.8. The first kappa shape index (κ1) is 17.0. The van der Waals surface area contributed by atoms with E-state index in [1.165, 1.54) is 0 Å². The summed E-state index contributed by atoms with van der Waals surface area (Å²) in [7, 11) is 0. The number of Topliss-reactive ketones (excluding diaryl/α,β-unsaturated/α-hetero) is 1. The molecule has 1 N–H and O–H groups in total. The van der Waals surface area contributed by atoms with E-state index in [-0.39, 0.29) is 12.2 Å². The Morgan fingerprint density at radius 3 is 2.64 bits per heavy atom. The number of aromatic nitrogens is 2. The normalized spacial score (nSPS) is 12.3. The predicted octanol–water partition coefficient (Wildman–Crippen LogP) is 3.44. The maximum atomic E-state index is 12.8. The summed E-state index contributed by atoms with van der Waals surface area (Å²) in [6.45, 7) is 6.94. The highest BCUT2D eigenvalue weighted by Gasteiger charge is 2.25. The molecule has 3 aromatic rings. The van der Waals surface area contributed by atoms with Crippen molar-refractivity contribution in [1.82, 2.24) is 10.1 Å². The van der Waals surface area contributed by atoms with Gasteiger partial charge in [0.2, 0.25) is 5.78 Å². The summed E-state index contributed by atoms with van der Waals surface area (Å²) in [6, 6.07) is 7.57. The molecule has 0 saturated heterocycles. The van der Waals surface area contributed by atoms with Gasteiger partial charge in [0.1, 0.15) is 5.76 Å². The number of fused-ring (bicyclic) bond motifs is 1. The smallest absolute Gasteiger partial charge is 0.311 e. The van der Waals surface area contributed by atoms with Gasteiger partial charge in [-0.15, -0.1) is 0 Å². The fourth-order valence-electron chi connectivity index (χ4n) is 2.99. The highest BCUT2D eigenvalue weighted by atomic mass is 16.5. The lowest BCUT2D eigenvalue weighted by Gasteiger charge is -2.12. The van der Waals surface area contributed by atoms with E-state index in [0.717, 1.165) is 16.6 Å². The Morgan fingerprint density at radius 2 is 1.96 bits per heavy atom. The summed E-state index contributed by atoms with van der Waals surface area (Å²) < 4.78 is 10.4. The van der Waals surface area contributed by atoms with Gasteiger partial charge in [-0.1, -0.05) is 23.4 Å². The average molecular weight is 340 g/mol. The lowest BCUT2D eigenvalue weighted by molar-refractivity contribution is -0.145. The predicted molar refractivity (Wildman–Crippen MR) is 92.6 cm³/mol. The second-order valence-electron chi connectivity index (χ2n) is 6.15. The number of nitrogens with one attached hydrogen (secondary N) is 1. The summed E-state index contributed by atoms with van der Waals surface area (Å²) >= 11 is 0. The van der Waals surface area contributed by atoms with Crippen LogP contribution in [0.2, 0.25) is 0 Å². The third-order valence-corrected chi connectivity index (χ3v) is 4.32. The second-order valence-corrected chi connectivity index (χ2v) is 6.15. The van der Waals surface area contributed by atoms with Crippen molar-refractivity contribution in [3.05, 3.63) is 52.5 Å². The van der Waals surface area contributed by atoms with E-state index < -0.39 is 12.1 Å². The third kappa shape index (κ3) is 3.20. The summed E-state index contributed by atoms with van der Waals surface area (Å²) in [4.78, 5) is 28.2. The van der Waals surface area contributed by atoms with Crippen molar-refractivity contribution in [2.75, 3.05) is 0 Å². The molecule has 0 aliphatic heterocycles. The van der Waals surface area contributed by atoms with E-state index in [2.05, 4.69) is 10.1 Å². The van der Waals surface area contributed by atoms with Gasteiger partial charge >= 0.3 is 5.97 Å². The van der Waals surface area contributed by atoms with Crippen LogP contribution in [-0.2, 0) is 16.0 Å². The summed E-state index contributed by atoms with van der Waals surface area (Å²) in [5.41, 5.74) is 3.57. The molecule has 2 aromatic heterocycles. The van der Waals surface area contributed by atoms with Crippen molar-refractivity contribution in [3.63, 3.8) is 0 Å². The van der Waals surface area contributed by atoms with Crippen molar-refractivity contribution in [1.29, 1.82) is 0 Å². The van der Waals surface area contributed by atoms with E-state index in [1.807, 2.05) is 31.2 Å². The first-order chi connectivity index (χ1) is 11.9. The van der Waals surface area contributed by atoms with Crippen LogP contribution in [0.3, 0.4) is 0 Å². The molecule has 0 radical (unpaired) electrons. The largest absolute Gasteiger partial charge is 0.454 e. The van der Waals surface area contributed by atoms with E-state index in [4.69, 9.17) is 9.26 Å². The van der Waals surface area contributed by atoms with E-state index >= 15 is 0 Å². The number of benzene rings is 1. The van der Waals surface area contributed by atoms with Crippen LogP contribution in [0, 0.1) is 20.8 Å². The molecule has 1 unspecified atom stereocenters. The lowest BCUT2D eigenvalue weighted by Crippen LogP contribution is -2.25. The van der Waals surface area contributed by atoms with Gasteiger partial charge in [-0.2, -0.15) is 0 Å². The minimum Gasteiger partial charge on any atom is -0.454 e. The SMILES string of the molecule is Cc1noc(C)c1CC(=O)OC(C)C(=O)c1c(C)[nH]c2ccccc12. The van der Waals surface area contributed by atoms with E-state index in [9.17, 15) is 9.59 Å². The van der Waals surface area contributed by atoms with E-state index in [0.29, 0.717) is 22.6 Å². The fourth-order valence-corrected chi connectivity index (χ4v) is 2.99. The standard InChI is InChI=1S/C19H20N2O4/c1-10-15(12(3)25-21-10)9-17(22)24-13(4)19(23)18-11(2)20-16-8-6-5-7-14(16)18/h5-8,13,20H,9H2,1-4H3. The van der Waals surface area contributed by atoms with Gasteiger partial charge in [0.05, 0.1) is 12.1 Å². The third-order valence-electron chi connectivity index (χ3n) is 4.32. The number of carbonyl (C=O) groups is 2. The van der Waals surface area contributed by atoms with Crippen molar-refractivity contribution >= 4 is 22.7 Å². The fraction of sp³-hybridized carbons (Fsp3) is 0.316. The van der Waals surface area contributed by atoms with Gasteiger partial charge < -0.3 is 14.2 Å². The van der Waals surface area contributed by atoms with Crippen molar-refractivity contribution in [2.45, 2.75) is 40.2 Å². The summed E-state index contributed by atoms with van der Waals surface area (Å²) in [5, 5.41) is 4.65. The zero-order valence-corrected chi connectivity index (χ0v) is 14.7. The van der Waals surface area contributed by atoms with E-state index in [1.54, 1.807) is 20.8 Å². The monoisotopic (exact) mass is 340 g/mol. The number of esters is 1. The quantitative estimate of drug-likeness (QED) is 0.568. The van der Waals surface area contributed by atoms with Crippen molar-refractivity contribution < 1.29 is 18.8 Å². The molecule has 1 aromatic carbocycles. The topological polar surface area (TPSA) is 85.2 Å². The number of H-pyrrole nitrogens is 1. The van der Waals surface area contributed by atoms with Crippen LogP contribution in [0.4, 0.5) is 0 Å². The molecule has 130 valence electrons. The van der Waals surface area contributed by atoms with Crippen LogP contribution < -0.4 is 0 Å². The molecule has 3 rings (SSSR count). The molecule has 25 heavy (non-hydrogen) atoms. The number of rotatable bonds is 5. The number of aromatic amines is 1. The number of hydrogen-bond acceptors (Lipinski definition) is 5. The van der Waals surface area contributed by atoms with Gasteiger partial charge in [-0.3, -0.25) is 9.59 Å².